The Balaban J connectivity index is 2.23. The summed E-state index contributed by atoms with van der Waals surface area (Å²) in [7, 11) is 0. The van der Waals surface area contributed by atoms with Crippen LogP contribution in [-0.4, -0.2) is 15.2 Å². The van der Waals surface area contributed by atoms with E-state index in [1.165, 1.54) is 6.20 Å². The van der Waals surface area contributed by atoms with Gasteiger partial charge in [0.05, 0.1) is 11.8 Å². The molecule has 4 nitrogen and oxygen atoms in total. The molecule has 0 aliphatic heterocycles. The molecule has 0 atom stereocenters. The van der Waals surface area contributed by atoms with Crippen LogP contribution in [0.15, 0.2) is 36.7 Å². The number of pyridine rings is 1. The zero-order valence-corrected chi connectivity index (χ0v) is 8.44. The number of halogens is 3. The maximum atomic E-state index is 12.4. The monoisotopic (exact) mass is 240 g/mol. The summed E-state index contributed by atoms with van der Waals surface area (Å²) in [5.41, 5.74) is -0.856. The van der Waals surface area contributed by atoms with Crippen LogP contribution in [0.1, 0.15) is 5.56 Å². The number of rotatable bonds is 2. The molecule has 2 heterocycles. The molecule has 0 aliphatic rings. The molecule has 0 saturated heterocycles. The highest BCUT2D eigenvalue weighted by Gasteiger charge is 2.31. The van der Waals surface area contributed by atoms with Crippen molar-refractivity contribution in [3.8, 4) is 0 Å². The first-order valence-corrected chi connectivity index (χ1v) is 4.64. The number of nitrogens with one attached hydrogen (secondary N) is 1. The lowest BCUT2D eigenvalue weighted by molar-refractivity contribution is -0.137. The first-order chi connectivity index (χ1) is 8.05. The molecule has 2 rings (SSSR count). The van der Waals surface area contributed by atoms with Crippen molar-refractivity contribution >= 4 is 11.6 Å². The molecular formula is C10H7F3N4. The summed E-state index contributed by atoms with van der Waals surface area (Å²) in [5, 5.41) is 9.47. The summed E-state index contributed by atoms with van der Waals surface area (Å²) in [6.45, 7) is 0. The molecular weight excluding hydrogens is 233 g/mol. The minimum Gasteiger partial charge on any atom is -0.323 e. The van der Waals surface area contributed by atoms with E-state index in [2.05, 4.69) is 20.5 Å². The highest BCUT2D eigenvalue weighted by molar-refractivity contribution is 5.51. The van der Waals surface area contributed by atoms with Gasteiger partial charge in [0.1, 0.15) is 5.82 Å². The van der Waals surface area contributed by atoms with E-state index in [4.69, 9.17) is 0 Å². The second-order valence-electron chi connectivity index (χ2n) is 3.17. The highest BCUT2D eigenvalue weighted by atomic mass is 19.4. The van der Waals surface area contributed by atoms with Gasteiger partial charge in [0.25, 0.3) is 0 Å². The number of alkyl halides is 3. The number of anilines is 2. The van der Waals surface area contributed by atoms with Gasteiger partial charge in [-0.25, -0.2) is 4.98 Å². The normalized spacial score (nSPS) is 11.2. The van der Waals surface area contributed by atoms with Gasteiger partial charge in [0.2, 0.25) is 0 Å². The van der Waals surface area contributed by atoms with Crippen LogP contribution in [0.2, 0.25) is 0 Å². The van der Waals surface area contributed by atoms with Gasteiger partial charge >= 0.3 is 6.18 Å². The van der Waals surface area contributed by atoms with Crippen molar-refractivity contribution in [3.05, 3.63) is 42.2 Å². The van der Waals surface area contributed by atoms with E-state index in [9.17, 15) is 13.2 Å². The second kappa shape index (κ2) is 4.36. The minimum atomic E-state index is -4.43. The Labute approximate surface area is 94.5 Å². The van der Waals surface area contributed by atoms with Gasteiger partial charge in [-0.15, -0.1) is 5.10 Å². The third-order valence-electron chi connectivity index (χ3n) is 1.90. The van der Waals surface area contributed by atoms with Crippen LogP contribution >= 0.6 is 0 Å². The molecule has 0 bridgehead atoms. The third kappa shape index (κ3) is 2.90. The Morgan fingerprint density at radius 2 is 1.94 bits per heavy atom. The lowest BCUT2D eigenvalue weighted by atomic mass is 10.3. The van der Waals surface area contributed by atoms with Gasteiger partial charge < -0.3 is 5.32 Å². The van der Waals surface area contributed by atoms with Crippen LogP contribution in [0.3, 0.4) is 0 Å². The third-order valence-corrected chi connectivity index (χ3v) is 1.90. The van der Waals surface area contributed by atoms with Crippen molar-refractivity contribution in [2.75, 3.05) is 5.32 Å². The van der Waals surface area contributed by atoms with Crippen molar-refractivity contribution in [2.24, 2.45) is 0 Å². The van der Waals surface area contributed by atoms with Gasteiger partial charge in [0.15, 0.2) is 5.82 Å². The van der Waals surface area contributed by atoms with Crippen LogP contribution in [0.5, 0.6) is 0 Å². The standard InChI is InChI=1S/C10H7F3N4/c11-10(12,13)7-5-9(17-15-6-7)16-8-3-1-2-4-14-8/h1-6H,(H,14,16,17). The summed E-state index contributed by atoms with van der Waals surface area (Å²) >= 11 is 0. The zero-order valence-electron chi connectivity index (χ0n) is 8.44. The number of nitrogens with zero attached hydrogens (tertiary/aromatic N) is 3. The average molecular weight is 240 g/mol. The molecule has 88 valence electrons. The second-order valence-corrected chi connectivity index (χ2v) is 3.17. The lowest BCUT2D eigenvalue weighted by Crippen LogP contribution is -2.07. The Kier molecular flexibility index (Phi) is 2.90. The SMILES string of the molecule is FC(F)(F)c1cnnc(Nc2ccccn2)c1. The molecule has 7 heteroatoms. The maximum Gasteiger partial charge on any atom is 0.418 e. The summed E-state index contributed by atoms with van der Waals surface area (Å²) in [4.78, 5) is 3.91. The molecule has 0 aliphatic carbocycles. The number of hydrogen-bond acceptors (Lipinski definition) is 4. The van der Waals surface area contributed by atoms with Crippen LogP contribution < -0.4 is 5.32 Å². The topological polar surface area (TPSA) is 50.7 Å². The molecule has 0 amide bonds. The van der Waals surface area contributed by atoms with Gasteiger partial charge in [-0.05, 0) is 18.2 Å². The Morgan fingerprint density at radius 3 is 2.59 bits per heavy atom. The largest absolute Gasteiger partial charge is 0.418 e. The predicted octanol–water partition coefficient (Wildman–Crippen LogP) is 2.63. The fourth-order valence-electron chi connectivity index (χ4n) is 1.15. The molecule has 2 aromatic heterocycles. The molecule has 0 radical (unpaired) electrons. The van der Waals surface area contributed by atoms with Gasteiger partial charge in [0, 0.05) is 6.20 Å². The quantitative estimate of drug-likeness (QED) is 0.876. The van der Waals surface area contributed by atoms with E-state index in [1.54, 1.807) is 18.2 Å². The van der Waals surface area contributed by atoms with Crippen LogP contribution in [0.4, 0.5) is 24.8 Å². The van der Waals surface area contributed by atoms with E-state index in [1.807, 2.05) is 0 Å². The first-order valence-electron chi connectivity index (χ1n) is 4.64. The van der Waals surface area contributed by atoms with E-state index < -0.39 is 11.7 Å². The van der Waals surface area contributed by atoms with Crippen molar-refractivity contribution in [2.45, 2.75) is 6.18 Å². The van der Waals surface area contributed by atoms with E-state index in [0.29, 0.717) is 12.0 Å². The Bertz CT molecular complexity index is 498. The molecule has 0 fully saturated rings. The fourth-order valence-corrected chi connectivity index (χ4v) is 1.15. The van der Waals surface area contributed by atoms with Crippen molar-refractivity contribution in [1.29, 1.82) is 0 Å². The molecule has 0 spiro atoms. The van der Waals surface area contributed by atoms with Crippen LogP contribution in [0.25, 0.3) is 0 Å². The summed E-state index contributed by atoms with van der Waals surface area (Å²) in [6, 6.07) is 5.89. The van der Waals surface area contributed by atoms with Crippen LogP contribution in [0, 0.1) is 0 Å². The van der Waals surface area contributed by atoms with E-state index in [0.717, 1.165) is 6.07 Å². The van der Waals surface area contributed by atoms with E-state index >= 15 is 0 Å². The first kappa shape index (κ1) is 11.3. The van der Waals surface area contributed by atoms with Crippen LogP contribution in [-0.2, 0) is 6.18 Å². The molecule has 2 aromatic rings. The lowest BCUT2D eigenvalue weighted by Gasteiger charge is -2.07. The van der Waals surface area contributed by atoms with Gasteiger partial charge in [-0.3, -0.25) is 0 Å². The predicted molar refractivity (Wildman–Crippen MR) is 54.6 cm³/mol. The Morgan fingerprint density at radius 1 is 1.12 bits per heavy atom. The molecule has 0 unspecified atom stereocenters. The van der Waals surface area contributed by atoms with Crippen molar-refractivity contribution in [3.63, 3.8) is 0 Å². The van der Waals surface area contributed by atoms with Crippen molar-refractivity contribution < 1.29 is 13.2 Å². The van der Waals surface area contributed by atoms with Gasteiger partial charge in [-0.2, -0.15) is 18.3 Å². The molecule has 0 saturated carbocycles. The molecule has 17 heavy (non-hydrogen) atoms. The molecule has 0 aromatic carbocycles. The Hall–Kier alpha value is -2.18. The smallest absolute Gasteiger partial charge is 0.323 e. The highest BCUT2D eigenvalue weighted by Crippen LogP contribution is 2.29. The summed E-state index contributed by atoms with van der Waals surface area (Å²) in [6.07, 6.45) is -2.25. The maximum absolute atomic E-state index is 12.4. The summed E-state index contributed by atoms with van der Waals surface area (Å²) < 4.78 is 37.2. The summed E-state index contributed by atoms with van der Waals surface area (Å²) in [5.74, 6) is 0.402. The van der Waals surface area contributed by atoms with E-state index in [-0.39, 0.29) is 5.82 Å². The number of hydrogen-bond donors (Lipinski definition) is 1. The van der Waals surface area contributed by atoms with Gasteiger partial charge in [-0.1, -0.05) is 6.07 Å². The van der Waals surface area contributed by atoms with Crippen molar-refractivity contribution in [1.82, 2.24) is 15.2 Å². The number of aromatic nitrogens is 3. The molecule has 1 N–H and O–H groups in total. The average Bonchev–Trinajstić information content (AvgIpc) is 2.29. The fraction of sp³-hybridized carbons (Fsp3) is 0.100. The minimum absolute atomic E-state index is 0.00137. The zero-order chi connectivity index (χ0) is 12.3.